The summed E-state index contributed by atoms with van der Waals surface area (Å²) >= 11 is 0. The highest BCUT2D eigenvalue weighted by atomic mass is 16.5. The minimum atomic E-state index is 0.361. The molecular weight excluding hydrogens is 248 g/mol. The van der Waals surface area contributed by atoms with E-state index in [1.54, 1.807) is 7.11 Å². The third kappa shape index (κ3) is 3.30. The van der Waals surface area contributed by atoms with E-state index in [4.69, 9.17) is 4.74 Å². The number of rotatable bonds is 6. The van der Waals surface area contributed by atoms with Gasteiger partial charge in [-0.05, 0) is 44.5 Å². The number of hydrogen-bond donors (Lipinski definition) is 1. The topological polar surface area (TPSA) is 26.2 Å². The Morgan fingerprint density at radius 2 is 1.90 bits per heavy atom. The number of benzene rings is 1. The van der Waals surface area contributed by atoms with E-state index in [2.05, 4.69) is 61.0 Å². The average Bonchev–Trinajstić information content (AvgIpc) is 2.72. The van der Waals surface area contributed by atoms with Crippen molar-refractivity contribution in [1.82, 2.24) is 9.88 Å². The van der Waals surface area contributed by atoms with E-state index in [1.807, 2.05) is 6.07 Å². The molecule has 0 spiro atoms. The van der Waals surface area contributed by atoms with Gasteiger partial charge in [-0.2, -0.15) is 0 Å². The summed E-state index contributed by atoms with van der Waals surface area (Å²) in [6.07, 6.45) is 0. The van der Waals surface area contributed by atoms with Crippen molar-refractivity contribution in [3.05, 3.63) is 53.3 Å². The van der Waals surface area contributed by atoms with Crippen molar-refractivity contribution in [2.24, 2.45) is 0 Å². The van der Waals surface area contributed by atoms with Crippen LogP contribution in [0.2, 0.25) is 0 Å². The molecule has 108 valence electrons. The first-order valence-electron chi connectivity index (χ1n) is 7.09. The maximum absolute atomic E-state index is 5.15. The second kappa shape index (κ2) is 6.73. The van der Waals surface area contributed by atoms with Crippen LogP contribution in [0.1, 0.15) is 23.9 Å². The fourth-order valence-electron chi connectivity index (χ4n) is 2.58. The lowest BCUT2D eigenvalue weighted by atomic mass is 10.2. The molecule has 3 heteroatoms. The van der Waals surface area contributed by atoms with Gasteiger partial charge in [-0.25, -0.2) is 0 Å². The molecular formula is C17H24N2O. The van der Waals surface area contributed by atoms with Crippen LogP contribution in [0.4, 0.5) is 0 Å². The van der Waals surface area contributed by atoms with Crippen molar-refractivity contribution in [2.45, 2.75) is 33.4 Å². The number of nitrogens with zero attached hydrogens (tertiary/aromatic N) is 1. The van der Waals surface area contributed by atoms with Crippen LogP contribution in [-0.4, -0.2) is 24.3 Å². The van der Waals surface area contributed by atoms with Crippen LogP contribution in [0.3, 0.4) is 0 Å². The van der Waals surface area contributed by atoms with Gasteiger partial charge in [0.05, 0.1) is 6.61 Å². The molecule has 2 rings (SSSR count). The Morgan fingerprint density at radius 3 is 2.55 bits per heavy atom. The van der Waals surface area contributed by atoms with Gasteiger partial charge in [-0.3, -0.25) is 0 Å². The van der Waals surface area contributed by atoms with Crippen molar-refractivity contribution >= 4 is 0 Å². The normalized spacial score (nSPS) is 12.6. The molecule has 0 saturated carbocycles. The van der Waals surface area contributed by atoms with E-state index >= 15 is 0 Å². The molecule has 0 aliphatic carbocycles. The van der Waals surface area contributed by atoms with Crippen molar-refractivity contribution in [1.29, 1.82) is 0 Å². The maximum Gasteiger partial charge on any atom is 0.0613 e. The molecule has 3 nitrogen and oxygen atoms in total. The zero-order valence-electron chi connectivity index (χ0n) is 12.8. The minimum Gasteiger partial charge on any atom is -0.383 e. The smallest absolute Gasteiger partial charge is 0.0613 e. The van der Waals surface area contributed by atoms with Gasteiger partial charge in [0.15, 0.2) is 0 Å². The molecule has 0 aliphatic heterocycles. The highest BCUT2D eigenvalue weighted by Crippen LogP contribution is 2.20. The first kappa shape index (κ1) is 14.8. The molecule has 20 heavy (non-hydrogen) atoms. The number of para-hydroxylation sites is 1. The molecule has 1 unspecified atom stereocenters. The van der Waals surface area contributed by atoms with E-state index < -0.39 is 0 Å². The predicted octanol–water partition coefficient (Wildman–Crippen LogP) is 3.22. The largest absolute Gasteiger partial charge is 0.383 e. The summed E-state index contributed by atoms with van der Waals surface area (Å²) in [7, 11) is 1.74. The van der Waals surface area contributed by atoms with Gasteiger partial charge in [0.1, 0.15) is 0 Å². The molecule has 1 atom stereocenters. The molecule has 0 radical (unpaired) electrons. The summed E-state index contributed by atoms with van der Waals surface area (Å²) in [6, 6.07) is 13.1. The van der Waals surface area contributed by atoms with Crippen LogP contribution in [0.5, 0.6) is 0 Å². The molecule has 2 aromatic rings. The van der Waals surface area contributed by atoms with Crippen LogP contribution in [0, 0.1) is 13.8 Å². The molecule has 0 fully saturated rings. The summed E-state index contributed by atoms with van der Waals surface area (Å²) in [6.45, 7) is 8.08. The van der Waals surface area contributed by atoms with E-state index in [9.17, 15) is 0 Å². The Kier molecular flexibility index (Phi) is 4.99. The zero-order valence-corrected chi connectivity index (χ0v) is 12.8. The van der Waals surface area contributed by atoms with Crippen LogP contribution in [0.15, 0.2) is 36.4 Å². The zero-order chi connectivity index (χ0) is 14.5. The lowest BCUT2D eigenvalue weighted by molar-refractivity contribution is 0.171. The average molecular weight is 272 g/mol. The van der Waals surface area contributed by atoms with Gasteiger partial charge in [0.2, 0.25) is 0 Å². The van der Waals surface area contributed by atoms with Gasteiger partial charge in [-0.1, -0.05) is 18.2 Å². The van der Waals surface area contributed by atoms with E-state index in [0.717, 1.165) is 13.2 Å². The summed E-state index contributed by atoms with van der Waals surface area (Å²) < 4.78 is 7.46. The minimum absolute atomic E-state index is 0.361. The summed E-state index contributed by atoms with van der Waals surface area (Å²) in [5, 5.41) is 3.49. The first-order chi connectivity index (χ1) is 9.63. The Labute approximate surface area is 121 Å². The predicted molar refractivity (Wildman–Crippen MR) is 83.4 cm³/mol. The Morgan fingerprint density at radius 1 is 1.20 bits per heavy atom. The molecule has 0 bridgehead atoms. The number of nitrogens with one attached hydrogen (secondary N) is 1. The van der Waals surface area contributed by atoms with Crippen LogP contribution >= 0.6 is 0 Å². The highest BCUT2D eigenvalue weighted by Gasteiger charge is 2.11. The van der Waals surface area contributed by atoms with Crippen LogP contribution in [-0.2, 0) is 11.3 Å². The summed E-state index contributed by atoms with van der Waals surface area (Å²) in [5.74, 6) is 0. The van der Waals surface area contributed by atoms with Gasteiger partial charge in [0.25, 0.3) is 0 Å². The molecule has 0 amide bonds. The molecule has 1 aromatic heterocycles. The Balaban J connectivity index is 2.17. The monoisotopic (exact) mass is 272 g/mol. The van der Waals surface area contributed by atoms with Gasteiger partial charge in [-0.15, -0.1) is 0 Å². The van der Waals surface area contributed by atoms with E-state index in [-0.39, 0.29) is 0 Å². The molecule has 0 saturated heterocycles. The lowest BCUT2D eigenvalue weighted by Crippen LogP contribution is -2.29. The fourth-order valence-corrected chi connectivity index (χ4v) is 2.58. The summed E-state index contributed by atoms with van der Waals surface area (Å²) in [4.78, 5) is 0. The standard InChI is InChI=1S/C17H24N2O/c1-13(12-20-4)18-11-16-10-14(2)19(15(16)3)17-8-6-5-7-9-17/h5-10,13,18H,11-12H2,1-4H3. The number of hydrogen-bond acceptors (Lipinski definition) is 2. The number of aryl methyl sites for hydroxylation is 1. The molecule has 1 N–H and O–H groups in total. The fraction of sp³-hybridized carbons (Fsp3) is 0.412. The molecule has 1 heterocycles. The second-order valence-electron chi connectivity index (χ2n) is 5.30. The number of methoxy groups -OCH3 is 1. The van der Waals surface area contributed by atoms with E-state index in [1.165, 1.54) is 22.6 Å². The molecule has 0 aliphatic rings. The lowest BCUT2D eigenvalue weighted by Gasteiger charge is -2.13. The third-order valence-electron chi connectivity index (χ3n) is 3.61. The van der Waals surface area contributed by atoms with Crippen molar-refractivity contribution in [3.8, 4) is 5.69 Å². The van der Waals surface area contributed by atoms with E-state index in [0.29, 0.717) is 6.04 Å². The Bertz CT molecular complexity index is 546. The molecule has 1 aromatic carbocycles. The van der Waals surface area contributed by atoms with Crippen LogP contribution < -0.4 is 5.32 Å². The van der Waals surface area contributed by atoms with Gasteiger partial charge >= 0.3 is 0 Å². The van der Waals surface area contributed by atoms with Gasteiger partial charge < -0.3 is 14.6 Å². The number of aromatic nitrogens is 1. The van der Waals surface area contributed by atoms with Crippen molar-refractivity contribution in [3.63, 3.8) is 0 Å². The maximum atomic E-state index is 5.15. The quantitative estimate of drug-likeness (QED) is 0.874. The third-order valence-corrected chi connectivity index (χ3v) is 3.61. The highest BCUT2D eigenvalue weighted by molar-refractivity contribution is 5.40. The first-order valence-corrected chi connectivity index (χ1v) is 7.09. The van der Waals surface area contributed by atoms with Gasteiger partial charge in [0, 0.05) is 36.8 Å². The SMILES string of the molecule is COCC(C)NCc1cc(C)n(-c2ccccc2)c1C. The summed E-state index contributed by atoms with van der Waals surface area (Å²) in [5.41, 5.74) is 5.13. The second-order valence-corrected chi connectivity index (χ2v) is 5.30. The Hall–Kier alpha value is -1.58. The van der Waals surface area contributed by atoms with Crippen molar-refractivity contribution in [2.75, 3.05) is 13.7 Å². The van der Waals surface area contributed by atoms with Crippen molar-refractivity contribution < 1.29 is 4.74 Å². The number of ether oxygens (including phenoxy) is 1. The van der Waals surface area contributed by atoms with Crippen LogP contribution in [0.25, 0.3) is 5.69 Å².